The van der Waals surface area contributed by atoms with Gasteiger partial charge in [-0.1, -0.05) is 13.0 Å². The predicted octanol–water partition coefficient (Wildman–Crippen LogP) is 1.23. The Morgan fingerprint density at radius 3 is 2.88 bits per heavy atom. The van der Waals surface area contributed by atoms with E-state index in [9.17, 15) is 13.6 Å². The van der Waals surface area contributed by atoms with Crippen LogP contribution in [0, 0.1) is 5.92 Å². The summed E-state index contributed by atoms with van der Waals surface area (Å²) >= 11 is 0. The van der Waals surface area contributed by atoms with Gasteiger partial charge in [0.05, 0.1) is 20.2 Å². The minimum absolute atomic E-state index is 0.00836. The summed E-state index contributed by atoms with van der Waals surface area (Å²) < 4.78 is 34.0. The third-order valence-corrected chi connectivity index (χ3v) is 4.21. The van der Waals surface area contributed by atoms with E-state index in [0.29, 0.717) is 19.0 Å². The van der Waals surface area contributed by atoms with Crippen molar-refractivity contribution in [2.24, 2.45) is 5.92 Å². The highest BCUT2D eigenvalue weighted by atomic mass is 19.3. The molecule has 1 unspecified atom stereocenters. The van der Waals surface area contributed by atoms with Gasteiger partial charge in [-0.05, 0) is 30.5 Å². The molecule has 2 rings (SSSR count). The monoisotopic (exact) mass is 343 g/mol. The van der Waals surface area contributed by atoms with Crippen molar-refractivity contribution in [1.82, 2.24) is 5.32 Å². The molecule has 24 heavy (non-hydrogen) atoms. The first kappa shape index (κ1) is 18.4. The van der Waals surface area contributed by atoms with E-state index in [4.69, 9.17) is 4.74 Å². The van der Waals surface area contributed by atoms with Gasteiger partial charge < -0.3 is 19.7 Å². The number of rotatable bonds is 7. The van der Waals surface area contributed by atoms with Crippen LogP contribution < -0.4 is 19.7 Å². The summed E-state index contributed by atoms with van der Waals surface area (Å²) in [6, 6.07) is 4.65. The summed E-state index contributed by atoms with van der Waals surface area (Å²) in [6.45, 7) is 2.17. The van der Waals surface area contributed by atoms with Crippen LogP contribution in [-0.2, 0) is 11.3 Å². The highest BCUT2D eigenvalue weighted by Gasteiger charge is 2.21. The zero-order valence-electron chi connectivity index (χ0n) is 14.1. The lowest BCUT2D eigenvalue weighted by Crippen LogP contribution is -3.14. The molecule has 0 bridgehead atoms. The molecule has 1 amide bonds. The van der Waals surface area contributed by atoms with Crippen molar-refractivity contribution in [2.45, 2.75) is 32.9 Å². The third kappa shape index (κ3) is 5.63. The van der Waals surface area contributed by atoms with E-state index in [2.05, 4.69) is 17.0 Å². The van der Waals surface area contributed by atoms with Crippen LogP contribution in [0.15, 0.2) is 18.2 Å². The number of benzene rings is 1. The minimum Gasteiger partial charge on any atom is -0.493 e. The van der Waals surface area contributed by atoms with Crippen molar-refractivity contribution >= 4 is 5.91 Å². The smallest absolute Gasteiger partial charge is 0.387 e. The molecule has 1 aromatic carbocycles. The summed E-state index contributed by atoms with van der Waals surface area (Å²) in [4.78, 5) is 13.4. The summed E-state index contributed by atoms with van der Waals surface area (Å²) in [5.74, 6) is 0.853. The zero-order chi connectivity index (χ0) is 17.5. The van der Waals surface area contributed by atoms with Crippen molar-refractivity contribution in [1.29, 1.82) is 0 Å². The Bertz CT molecular complexity index is 555. The van der Waals surface area contributed by atoms with Gasteiger partial charge in [0.2, 0.25) is 0 Å². The summed E-state index contributed by atoms with van der Waals surface area (Å²) in [5.41, 5.74) is 0.767. The molecule has 0 aliphatic carbocycles. The molecule has 1 fully saturated rings. The van der Waals surface area contributed by atoms with Gasteiger partial charge in [-0.3, -0.25) is 4.79 Å². The molecule has 2 N–H and O–H groups in total. The highest BCUT2D eigenvalue weighted by Crippen LogP contribution is 2.29. The fourth-order valence-corrected chi connectivity index (χ4v) is 3.06. The number of alkyl halides is 2. The number of quaternary nitrogens is 1. The first-order valence-corrected chi connectivity index (χ1v) is 8.20. The number of carbonyl (C=O) groups is 1. The number of halogens is 2. The molecule has 2 atom stereocenters. The van der Waals surface area contributed by atoms with E-state index in [-0.39, 0.29) is 17.4 Å². The number of hydrogen-bond donors (Lipinski definition) is 2. The lowest BCUT2D eigenvalue weighted by molar-refractivity contribution is -0.900. The highest BCUT2D eigenvalue weighted by molar-refractivity contribution is 5.76. The Balaban J connectivity index is 1.85. The van der Waals surface area contributed by atoms with E-state index in [0.717, 1.165) is 25.1 Å². The summed E-state index contributed by atoms with van der Waals surface area (Å²) in [6.07, 6.45) is 2.39. The molecular weight excluding hydrogens is 318 g/mol. The topological polar surface area (TPSA) is 52.0 Å². The largest absolute Gasteiger partial charge is 0.493 e. The second-order valence-electron chi connectivity index (χ2n) is 6.27. The Morgan fingerprint density at radius 2 is 2.21 bits per heavy atom. The Hall–Kier alpha value is -1.89. The van der Waals surface area contributed by atoms with Gasteiger partial charge in [0.15, 0.2) is 18.0 Å². The lowest BCUT2D eigenvalue weighted by Gasteiger charge is -2.27. The van der Waals surface area contributed by atoms with Crippen molar-refractivity contribution in [3.63, 3.8) is 0 Å². The number of nitrogens with one attached hydrogen (secondary N) is 2. The van der Waals surface area contributed by atoms with E-state index in [1.165, 1.54) is 24.5 Å². The number of amides is 1. The zero-order valence-corrected chi connectivity index (χ0v) is 14.1. The Labute approximate surface area is 140 Å². The number of methoxy groups -OCH3 is 1. The summed E-state index contributed by atoms with van der Waals surface area (Å²) in [7, 11) is 1.39. The van der Waals surface area contributed by atoms with Gasteiger partial charge >= 0.3 is 6.61 Å². The molecule has 5 nitrogen and oxygen atoms in total. The van der Waals surface area contributed by atoms with Gasteiger partial charge in [0, 0.05) is 12.5 Å². The van der Waals surface area contributed by atoms with Crippen LogP contribution in [0.4, 0.5) is 8.78 Å². The maximum Gasteiger partial charge on any atom is 0.387 e. The van der Waals surface area contributed by atoms with Crippen molar-refractivity contribution < 1.29 is 27.9 Å². The quantitative estimate of drug-likeness (QED) is 0.783. The molecule has 1 aliphatic heterocycles. The standard InChI is InChI=1S/C17H24F2N2O3/c1-12-4-3-7-21(10-12)11-16(22)20-9-13-5-6-14(24-17(18)19)15(8-13)23-2/h5-6,8,12,17H,3-4,7,9-11H2,1-2H3,(H,20,22)/p+1/t12-/m0/s1. The van der Waals surface area contributed by atoms with Gasteiger partial charge in [-0.25, -0.2) is 0 Å². The maximum absolute atomic E-state index is 12.3. The molecular formula is C17H25F2N2O3+. The van der Waals surface area contributed by atoms with Gasteiger partial charge in [-0.2, -0.15) is 8.78 Å². The molecule has 7 heteroatoms. The minimum atomic E-state index is -2.90. The predicted molar refractivity (Wildman–Crippen MR) is 85.4 cm³/mol. The number of likely N-dealkylation sites (tertiary alicyclic amines) is 1. The molecule has 0 aromatic heterocycles. The van der Waals surface area contributed by atoms with Crippen LogP contribution in [-0.4, -0.2) is 39.3 Å². The first-order valence-electron chi connectivity index (χ1n) is 8.20. The molecule has 1 aliphatic rings. The van der Waals surface area contributed by atoms with Crippen LogP contribution >= 0.6 is 0 Å². The molecule has 1 heterocycles. The number of ether oxygens (including phenoxy) is 2. The van der Waals surface area contributed by atoms with E-state index >= 15 is 0 Å². The number of hydrogen-bond acceptors (Lipinski definition) is 3. The van der Waals surface area contributed by atoms with Crippen LogP contribution in [0.25, 0.3) is 0 Å². The summed E-state index contributed by atoms with van der Waals surface area (Å²) in [5, 5.41) is 2.87. The van der Waals surface area contributed by atoms with E-state index < -0.39 is 6.61 Å². The molecule has 0 radical (unpaired) electrons. The number of carbonyl (C=O) groups excluding carboxylic acids is 1. The Morgan fingerprint density at radius 1 is 1.42 bits per heavy atom. The fraction of sp³-hybridized carbons (Fsp3) is 0.588. The second kappa shape index (κ2) is 8.82. The average molecular weight is 343 g/mol. The van der Waals surface area contributed by atoms with Gasteiger partial charge in [-0.15, -0.1) is 0 Å². The first-order chi connectivity index (χ1) is 11.5. The van der Waals surface area contributed by atoms with E-state index in [1.54, 1.807) is 12.1 Å². The van der Waals surface area contributed by atoms with Crippen molar-refractivity contribution in [2.75, 3.05) is 26.7 Å². The maximum atomic E-state index is 12.3. The van der Waals surface area contributed by atoms with Crippen molar-refractivity contribution in [3.8, 4) is 11.5 Å². The van der Waals surface area contributed by atoms with Crippen LogP contribution in [0.3, 0.4) is 0 Å². The normalized spacial score (nSPS) is 20.7. The Kier molecular flexibility index (Phi) is 6.78. The average Bonchev–Trinajstić information content (AvgIpc) is 2.53. The molecule has 0 saturated carbocycles. The fourth-order valence-electron chi connectivity index (χ4n) is 3.06. The van der Waals surface area contributed by atoms with Crippen LogP contribution in [0.2, 0.25) is 0 Å². The third-order valence-electron chi connectivity index (χ3n) is 4.21. The number of piperidine rings is 1. The lowest BCUT2D eigenvalue weighted by atomic mass is 10.0. The molecule has 1 saturated heterocycles. The van der Waals surface area contributed by atoms with E-state index in [1.807, 2.05) is 0 Å². The van der Waals surface area contributed by atoms with Gasteiger partial charge in [0.1, 0.15) is 0 Å². The van der Waals surface area contributed by atoms with Crippen molar-refractivity contribution in [3.05, 3.63) is 23.8 Å². The SMILES string of the molecule is COc1cc(CNC(=O)C[NH+]2CCC[C@H](C)C2)ccc1OC(F)F. The van der Waals surface area contributed by atoms with Crippen LogP contribution in [0.1, 0.15) is 25.3 Å². The molecule has 1 aromatic rings. The molecule has 0 spiro atoms. The second-order valence-corrected chi connectivity index (χ2v) is 6.27. The molecule has 134 valence electrons. The van der Waals surface area contributed by atoms with Crippen LogP contribution in [0.5, 0.6) is 11.5 Å². The van der Waals surface area contributed by atoms with Gasteiger partial charge in [0.25, 0.3) is 5.91 Å².